The van der Waals surface area contributed by atoms with Gasteiger partial charge in [0.15, 0.2) is 12.4 Å². The molecular weight excluding hydrogens is 725 g/mol. The number of hydrogen-bond acceptors (Lipinski definition) is 10. The van der Waals surface area contributed by atoms with Crippen LogP contribution in [0.5, 0.6) is 0 Å². The maximum Gasteiger partial charge on any atom is 0.306 e. The van der Waals surface area contributed by atoms with Crippen LogP contribution in [0, 0.1) is 0 Å². The molecule has 10 heteroatoms. The Morgan fingerprint density at radius 3 is 1.58 bits per heavy atom. The van der Waals surface area contributed by atoms with E-state index in [4.69, 9.17) is 18.9 Å². The second-order valence-corrected chi connectivity index (χ2v) is 15.1. The standard InChI is InChI=1S/C47H80O10/c1-3-5-7-9-11-13-15-17-19-20-22-24-26-28-30-32-34-36-43(50)56-40(39-55-47-46(53)45(52)44(51)41(37-48)57-47)38-54-42(49)35-33-31-29-27-25-23-21-18-16-14-12-10-8-6-4-2/h11,13,17-19,21-22,24,28,30,40-41,44-48,51-53H,3-10,12,14-16,20,23,25-27,29,31-39H2,1-2H3/b13-11+,19-17+,21-18+,24-22+,30-28+/t40-,41-,44+,45?,46?,47-/m1/s1. The lowest BCUT2D eigenvalue weighted by Gasteiger charge is -2.39. The zero-order valence-electron chi connectivity index (χ0n) is 35.6. The van der Waals surface area contributed by atoms with Crippen LogP contribution < -0.4 is 0 Å². The summed E-state index contributed by atoms with van der Waals surface area (Å²) in [6, 6.07) is 0. The van der Waals surface area contributed by atoms with E-state index in [1.807, 2.05) is 6.08 Å². The molecule has 4 N–H and O–H groups in total. The highest BCUT2D eigenvalue weighted by Gasteiger charge is 2.44. The minimum atomic E-state index is -1.61. The first-order chi connectivity index (χ1) is 27.8. The number of carbonyl (C=O) groups is 2. The van der Waals surface area contributed by atoms with Crippen molar-refractivity contribution in [3.05, 3.63) is 60.8 Å². The largest absolute Gasteiger partial charge is 0.462 e. The van der Waals surface area contributed by atoms with Gasteiger partial charge in [-0.3, -0.25) is 9.59 Å². The highest BCUT2D eigenvalue weighted by atomic mass is 16.7. The van der Waals surface area contributed by atoms with Gasteiger partial charge in [0.25, 0.3) is 0 Å². The summed E-state index contributed by atoms with van der Waals surface area (Å²) in [5.41, 5.74) is 0. The van der Waals surface area contributed by atoms with Gasteiger partial charge < -0.3 is 39.4 Å². The zero-order valence-corrected chi connectivity index (χ0v) is 35.6. The Bertz CT molecular complexity index is 1110. The second kappa shape index (κ2) is 37.7. The van der Waals surface area contributed by atoms with Crippen molar-refractivity contribution in [3.8, 4) is 0 Å². The molecule has 0 aromatic carbocycles. The quantitative estimate of drug-likeness (QED) is 0.0274. The van der Waals surface area contributed by atoms with E-state index < -0.39 is 55.4 Å². The fraction of sp³-hybridized carbons (Fsp3) is 0.745. The summed E-state index contributed by atoms with van der Waals surface area (Å²) in [4.78, 5) is 25.3. The number of hydrogen-bond donors (Lipinski definition) is 4. The topological polar surface area (TPSA) is 152 Å². The van der Waals surface area contributed by atoms with E-state index in [1.54, 1.807) is 0 Å². The monoisotopic (exact) mass is 805 g/mol. The van der Waals surface area contributed by atoms with Crippen LogP contribution in [0.1, 0.15) is 168 Å². The van der Waals surface area contributed by atoms with Crippen LogP contribution in [0.15, 0.2) is 60.8 Å². The van der Waals surface area contributed by atoms with E-state index in [1.165, 1.54) is 64.2 Å². The molecule has 0 aliphatic carbocycles. The van der Waals surface area contributed by atoms with Crippen LogP contribution in [-0.2, 0) is 28.5 Å². The average Bonchev–Trinajstić information content (AvgIpc) is 3.21. The van der Waals surface area contributed by atoms with E-state index >= 15 is 0 Å². The number of carbonyl (C=O) groups excluding carboxylic acids is 2. The predicted molar refractivity (Wildman–Crippen MR) is 228 cm³/mol. The minimum Gasteiger partial charge on any atom is -0.462 e. The number of unbranched alkanes of at least 4 members (excludes halogenated alkanes) is 15. The van der Waals surface area contributed by atoms with Crippen LogP contribution in [0.2, 0.25) is 0 Å². The van der Waals surface area contributed by atoms with Gasteiger partial charge in [-0.2, -0.15) is 0 Å². The molecule has 1 rings (SSSR count). The lowest BCUT2D eigenvalue weighted by Crippen LogP contribution is -2.59. The molecule has 1 heterocycles. The van der Waals surface area contributed by atoms with Gasteiger partial charge in [0.1, 0.15) is 31.0 Å². The third kappa shape index (κ3) is 29.3. The van der Waals surface area contributed by atoms with Gasteiger partial charge in [0.2, 0.25) is 0 Å². The van der Waals surface area contributed by atoms with E-state index in [0.29, 0.717) is 19.3 Å². The molecule has 6 atom stereocenters. The fourth-order valence-electron chi connectivity index (χ4n) is 6.29. The Kier molecular flexibility index (Phi) is 34.6. The number of esters is 2. The van der Waals surface area contributed by atoms with Crippen molar-refractivity contribution >= 4 is 11.9 Å². The molecule has 57 heavy (non-hydrogen) atoms. The van der Waals surface area contributed by atoms with Gasteiger partial charge in [-0.15, -0.1) is 0 Å². The highest BCUT2D eigenvalue weighted by Crippen LogP contribution is 2.22. The van der Waals surface area contributed by atoms with E-state index in [9.17, 15) is 30.0 Å². The van der Waals surface area contributed by atoms with Crippen LogP contribution >= 0.6 is 0 Å². The number of allylic oxidation sites excluding steroid dienone is 10. The van der Waals surface area contributed by atoms with Crippen LogP contribution in [0.25, 0.3) is 0 Å². The molecule has 0 spiro atoms. The van der Waals surface area contributed by atoms with E-state index in [2.05, 4.69) is 68.5 Å². The van der Waals surface area contributed by atoms with Crippen molar-refractivity contribution in [3.63, 3.8) is 0 Å². The molecule has 1 saturated heterocycles. The summed E-state index contributed by atoms with van der Waals surface area (Å²) in [7, 11) is 0. The summed E-state index contributed by atoms with van der Waals surface area (Å²) >= 11 is 0. The number of aliphatic hydroxyl groups excluding tert-OH is 4. The van der Waals surface area contributed by atoms with Gasteiger partial charge in [-0.25, -0.2) is 0 Å². The summed E-state index contributed by atoms with van der Waals surface area (Å²) < 4.78 is 22.1. The Morgan fingerprint density at radius 2 is 1.00 bits per heavy atom. The van der Waals surface area contributed by atoms with Crippen molar-refractivity contribution in [2.75, 3.05) is 19.8 Å². The molecule has 2 unspecified atom stereocenters. The SMILES string of the molecule is CCCCC/C=C/C/C=C/C/C=C/C/C=C/CCCC(=O)O[C@H](COC(=O)CCCCCCC/C=C/CCCCCCCC)CO[C@@H]1O[C@H](CO)[C@H](O)C(O)C1O. The Morgan fingerprint density at radius 1 is 0.544 bits per heavy atom. The van der Waals surface area contributed by atoms with Crippen molar-refractivity contribution in [2.24, 2.45) is 0 Å². The molecule has 0 aromatic rings. The first-order valence-electron chi connectivity index (χ1n) is 22.4. The molecule has 1 fully saturated rings. The van der Waals surface area contributed by atoms with Crippen LogP contribution in [-0.4, -0.2) is 89.0 Å². The summed E-state index contributed by atoms with van der Waals surface area (Å²) in [6.45, 7) is 3.31. The molecule has 0 bridgehead atoms. The summed E-state index contributed by atoms with van der Waals surface area (Å²) in [5.74, 6) is -0.886. The normalized spacial score (nSPS) is 20.8. The zero-order chi connectivity index (χ0) is 41.6. The molecule has 0 saturated carbocycles. The van der Waals surface area contributed by atoms with Crippen molar-refractivity contribution < 1.29 is 49.0 Å². The van der Waals surface area contributed by atoms with Crippen LogP contribution in [0.4, 0.5) is 0 Å². The minimum absolute atomic E-state index is 0.150. The lowest BCUT2D eigenvalue weighted by molar-refractivity contribution is -0.305. The molecule has 0 radical (unpaired) electrons. The summed E-state index contributed by atoms with van der Waals surface area (Å²) in [5, 5.41) is 40.0. The van der Waals surface area contributed by atoms with Gasteiger partial charge in [0.05, 0.1) is 13.2 Å². The molecule has 1 aliphatic heterocycles. The fourth-order valence-corrected chi connectivity index (χ4v) is 6.29. The summed E-state index contributed by atoms with van der Waals surface area (Å²) in [6.07, 6.45) is 38.0. The Balaban J connectivity index is 2.40. The highest BCUT2D eigenvalue weighted by molar-refractivity contribution is 5.70. The predicted octanol–water partition coefficient (Wildman–Crippen LogP) is 9.44. The first kappa shape index (κ1) is 52.4. The van der Waals surface area contributed by atoms with Crippen molar-refractivity contribution in [1.29, 1.82) is 0 Å². The lowest BCUT2D eigenvalue weighted by atomic mass is 9.99. The Labute approximate surface area is 345 Å². The second-order valence-electron chi connectivity index (χ2n) is 15.1. The van der Waals surface area contributed by atoms with E-state index in [-0.39, 0.29) is 26.1 Å². The first-order valence-corrected chi connectivity index (χ1v) is 22.4. The van der Waals surface area contributed by atoms with Gasteiger partial charge in [-0.05, 0) is 77.0 Å². The molecule has 0 aromatic heterocycles. The average molecular weight is 805 g/mol. The maximum atomic E-state index is 12.7. The molecule has 328 valence electrons. The van der Waals surface area contributed by atoms with Crippen LogP contribution in [0.3, 0.4) is 0 Å². The third-order valence-corrected chi connectivity index (χ3v) is 9.88. The van der Waals surface area contributed by atoms with Gasteiger partial charge >= 0.3 is 11.9 Å². The Hall–Kier alpha value is -2.60. The molecule has 1 aliphatic rings. The molecular formula is C47H80O10. The van der Waals surface area contributed by atoms with E-state index in [0.717, 1.165) is 57.8 Å². The number of ether oxygens (including phenoxy) is 4. The van der Waals surface area contributed by atoms with Crippen molar-refractivity contribution in [1.82, 2.24) is 0 Å². The van der Waals surface area contributed by atoms with Gasteiger partial charge in [0, 0.05) is 12.8 Å². The smallest absolute Gasteiger partial charge is 0.306 e. The third-order valence-electron chi connectivity index (χ3n) is 9.88. The van der Waals surface area contributed by atoms with Gasteiger partial charge in [-0.1, -0.05) is 139 Å². The maximum absolute atomic E-state index is 12.7. The van der Waals surface area contributed by atoms with Crippen molar-refractivity contribution in [2.45, 2.75) is 205 Å². The molecule has 0 amide bonds. The molecule has 10 nitrogen and oxygen atoms in total. The number of aliphatic hydroxyl groups is 4. The number of rotatable bonds is 36.